The molecule has 0 fully saturated rings. The van der Waals surface area contributed by atoms with Crippen molar-refractivity contribution >= 4 is 40.6 Å². The van der Waals surface area contributed by atoms with Crippen LogP contribution in [-0.2, 0) is 17.3 Å². The number of carbonyl (C=O) groups is 1. The first-order chi connectivity index (χ1) is 13.8. The number of carbonyl (C=O) groups excluding carboxylic acids is 1. The molecule has 1 N–H and O–H groups in total. The quantitative estimate of drug-likeness (QED) is 0.413. The van der Waals surface area contributed by atoms with Gasteiger partial charge in [0.15, 0.2) is 5.78 Å². The molecule has 1 heterocycles. The average molecular weight is 473 g/mol. The molecule has 1 aromatic carbocycles. The number of nitrogens with one attached hydrogen (secondary N) is 1. The number of ether oxygens (including phenoxy) is 1. The highest BCUT2D eigenvalue weighted by molar-refractivity contribution is 6.49. The Morgan fingerprint density at radius 2 is 1.50 bits per heavy atom. The minimum absolute atomic E-state index is 0.0904. The van der Waals surface area contributed by atoms with Gasteiger partial charge in [0.05, 0.1) is 16.7 Å². The van der Waals surface area contributed by atoms with E-state index >= 15 is 0 Å². The number of benzene rings is 1. The van der Waals surface area contributed by atoms with E-state index in [2.05, 4.69) is 65.6 Å². The van der Waals surface area contributed by atoms with Gasteiger partial charge in [-0.2, -0.15) is 0 Å². The number of aromatic nitrogens is 1. The molecule has 0 saturated heterocycles. The van der Waals surface area contributed by atoms with E-state index in [4.69, 9.17) is 39.5 Å². The maximum Gasteiger partial charge on any atom is 0.180 e. The summed E-state index contributed by atoms with van der Waals surface area (Å²) in [7, 11) is 0. The van der Waals surface area contributed by atoms with Crippen LogP contribution >= 0.6 is 34.8 Å². The second-order valence-corrected chi connectivity index (χ2v) is 10.9. The highest BCUT2D eigenvalue weighted by atomic mass is 35.5. The molecule has 0 spiro atoms. The zero-order valence-electron chi connectivity index (χ0n) is 18.9. The van der Waals surface area contributed by atoms with Crippen LogP contribution < -0.4 is 4.74 Å². The fourth-order valence-electron chi connectivity index (χ4n) is 3.31. The van der Waals surface area contributed by atoms with E-state index in [1.54, 1.807) is 0 Å². The van der Waals surface area contributed by atoms with Gasteiger partial charge in [0, 0.05) is 17.5 Å². The van der Waals surface area contributed by atoms with Crippen LogP contribution in [0.25, 0.3) is 0 Å². The molecule has 0 unspecified atom stereocenters. The highest BCUT2D eigenvalue weighted by Crippen LogP contribution is 2.41. The van der Waals surface area contributed by atoms with Gasteiger partial charge in [-0.05, 0) is 29.2 Å². The van der Waals surface area contributed by atoms with Crippen LogP contribution in [0, 0.1) is 0 Å². The number of aryl methyl sites for hydroxylation is 1. The SMILES string of the molecule is CCCOc1c(C(C)(C)C)cc(CCC(=O)c2[nH]c(Cl)c(Cl)c2Cl)cc1C(C)(C)C. The first kappa shape index (κ1) is 25.1. The number of hydrogen-bond donors (Lipinski definition) is 1. The fraction of sp³-hybridized carbons (Fsp3) is 0.542. The molecular formula is C24H32Cl3NO2. The molecule has 0 bridgehead atoms. The maximum atomic E-state index is 12.7. The lowest BCUT2D eigenvalue weighted by atomic mass is 9.78. The van der Waals surface area contributed by atoms with E-state index in [9.17, 15) is 4.79 Å². The Morgan fingerprint density at radius 3 is 1.90 bits per heavy atom. The van der Waals surface area contributed by atoms with Crippen molar-refractivity contribution in [2.24, 2.45) is 0 Å². The predicted molar refractivity (Wildman–Crippen MR) is 128 cm³/mol. The van der Waals surface area contributed by atoms with Gasteiger partial charge in [-0.3, -0.25) is 4.79 Å². The van der Waals surface area contributed by atoms with Crippen LogP contribution in [0.2, 0.25) is 15.2 Å². The molecule has 2 rings (SSSR count). The summed E-state index contributed by atoms with van der Waals surface area (Å²) in [6.07, 6.45) is 1.84. The van der Waals surface area contributed by atoms with Gasteiger partial charge in [-0.1, -0.05) is 95.4 Å². The van der Waals surface area contributed by atoms with Crippen molar-refractivity contribution in [2.45, 2.75) is 78.6 Å². The molecule has 0 aliphatic carbocycles. The van der Waals surface area contributed by atoms with Crippen molar-refractivity contribution in [1.29, 1.82) is 0 Å². The van der Waals surface area contributed by atoms with Gasteiger partial charge in [0.1, 0.15) is 16.6 Å². The molecule has 0 radical (unpaired) electrons. The topological polar surface area (TPSA) is 42.1 Å². The largest absolute Gasteiger partial charge is 0.493 e. The van der Waals surface area contributed by atoms with Crippen molar-refractivity contribution < 1.29 is 9.53 Å². The van der Waals surface area contributed by atoms with Gasteiger partial charge in [-0.25, -0.2) is 0 Å². The van der Waals surface area contributed by atoms with E-state index < -0.39 is 0 Å². The Labute approximate surface area is 195 Å². The molecule has 6 heteroatoms. The first-order valence-electron chi connectivity index (χ1n) is 10.3. The third-order valence-electron chi connectivity index (χ3n) is 4.97. The number of Topliss-reactive ketones (excluding diaryl/α,β-unsaturated/α-hetero) is 1. The summed E-state index contributed by atoms with van der Waals surface area (Å²) in [5.41, 5.74) is 3.51. The number of hydrogen-bond acceptors (Lipinski definition) is 2. The van der Waals surface area contributed by atoms with Gasteiger partial charge in [-0.15, -0.1) is 0 Å². The lowest BCUT2D eigenvalue weighted by Gasteiger charge is -2.30. The van der Waals surface area contributed by atoms with Crippen molar-refractivity contribution in [2.75, 3.05) is 6.61 Å². The summed E-state index contributed by atoms with van der Waals surface area (Å²) in [6, 6.07) is 4.34. The fourth-order valence-corrected chi connectivity index (χ4v) is 3.93. The zero-order chi connectivity index (χ0) is 22.9. The van der Waals surface area contributed by atoms with Crippen LogP contribution in [0.3, 0.4) is 0 Å². The van der Waals surface area contributed by atoms with Gasteiger partial charge in [0.25, 0.3) is 0 Å². The van der Waals surface area contributed by atoms with E-state index in [1.165, 1.54) is 0 Å². The Hall–Kier alpha value is -1.16. The van der Waals surface area contributed by atoms with Gasteiger partial charge >= 0.3 is 0 Å². The Balaban J connectivity index is 2.42. The normalized spacial score (nSPS) is 12.3. The number of H-pyrrole nitrogens is 1. The number of rotatable bonds is 7. The van der Waals surface area contributed by atoms with Crippen LogP contribution in [-0.4, -0.2) is 17.4 Å². The van der Waals surface area contributed by atoms with E-state index in [0.717, 1.165) is 28.9 Å². The predicted octanol–water partition coefficient (Wildman–Crippen LogP) is 8.17. The second-order valence-electron chi connectivity index (χ2n) is 9.73. The summed E-state index contributed by atoms with van der Waals surface area (Å²) in [4.78, 5) is 15.5. The Kier molecular flexibility index (Phi) is 7.99. The minimum atomic E-state index is -0.116. The number of ketones is 1. The molecule has 0 aliphatic heterocycles. The average Bonchev–Trinajstić information content (AvgIpc) is 2.90. The standard InChI is InChI=1S/C24H32Cl3NO2/c1-8-11-30-21-15(23(2,3)4)12-14(13-16(21)24(5,6)7)9-10-17(29)20-18(25)19(26)22(27)28-20/h12-13,28H,8-11H2,1-7H3. The Morgan fingerprint density at radius 1 is 0.967 bits per heavy atom. The highest BCUT2D eigenvalue weighted by Gasteiger charge is 2.28. The summed E-state index contributed by atoms with van der Waals surface area (Å²) < 4.78 is 6.23. The second kappa shape index (κ2) is 9.54. The van der Waals surface area contributed by atoms with Gasteiger partial charge < -0.3 is 9.72 Å². The van der Waals surface area contributed by atoms with Crippen LogP contribution in [0.4, 0.5) is 0 Å². The Bertz CT molecular complexity index is 883. The smallest absolute Gasteiger partial charge is 0.180 e. The molecule has 0 atom stereocenters. The summed E-state index contributed by atoms with van der Waals surface area (Å²) in [5, 5.41) is 0.553. The number of aromatic amines is 1. The minimum Gasteiger partial charge on any atom is -0.493 e. The molecule has 30 heavy (non-hydrogen) atoms. The maximum absolute atomic E-state index is 12.7. The number of halogens is 3. The van der Waals surface area contributed by atoms with E-state index in [0.29, 0.717) is 19.4 Å². The molecule has 166 valence electrons. The third-order valence-corrected chi connectivity index (χ3v) is 6.21. The molecule has 3 nitrogen and oxygen atoms in total. The van der Waals surface area contributed by atoms with Crippen molar-refractivity contribution in [3.8, 4) is 5.75 Å². The van der Waals surface area contributed by atoms with E-state index in [1.807, 2.05) is 0 Å². The van der Waals surface area contributed by atoms with Crippen molar-refractivity contribution in [3.63, 3.8) is 0 Å². The van der Waals surface area contributed by atoms with Crippen LogP contribution in [0.5, 0.6) is 5.75 Å². The molecule has 1 aromatic heterocycles. The molecule has 2 aromatic rings. The zero-order valence-corrected chi connectivity index (χ0v) is 21.2. The van der Waals surface area contributed by atoms with E-state index in [-0.39, 0.29) is 37.5 Å². The molecule has 0 amide bonds. The lowest BCUT2D eigenvalue weighted by Crippen LogP contribution is -2.21. The van der Waals surface area contributed by atoms with Crippen molar-refractivity contribution in [3.05, 3.63) is 49.7 Å². The summed E-state index contributed by atoms with van der Waals surface area (Å²) >= 11 is 18.1. The first-order valence-corrected chi connectivity index (χ1v) is 11.5. The third kappa shape index (κ3) is 5.75. The summed E-state index contributed by atoms with van der Waals surface area (Å²) in [5.74, 6) is 0.854. The lowest BCUT2D eigenvalue weighted by molar-refractivity contribution is 0.0979. The summed E-state index contributed by atoms with van der Waals surface area (Å²) in [6.45, 7) is 15.9. The molecular weight excluding hydrogens is 441 g/mol. The van der Waals surface area contributed by atoms with Crippen molar-refractivity contribution in [1.82, 2.24) is 4.98 Å². The van der Waals surface area contributed by atoms with Crippen LogP contribution in [0.1, 0.15) is 88.5 Å². The molecule has 0 aliphatic rings. The molecule has 0 saturated carbocycles. The monoisotopic (exact) mass is 471 g/mol. The van der Waals surface area contributed by atoms with Gasteiger partial charge in [0.2, 0.25) is 0 Å². The van der Waals surface area contributed by atoms with Crippen LogP contribution in [0.15, 0.2) is 12.1 Å².